The molecule has 1 saturated heterocycles. The number of carbonyl (C=O) groups excluding carboxylic acids is 1. The van der Waals surface area contributed by atoms with Gasteiger partial charge in [0.1, 0.15) is 6.26 Å². The second-order valence-corrected chi connectivity index (χ2v) is 5.78. The zero-order valence-electron chi connectivity index (χ0n) is 12.6. The van der Waals surface area contributed by atoms with Crippen molar-refractivity contribution >= 4 is 11.7 Å². The first-order valence-corrected chi connectivity index (χ1v) is 7.67. The molecule has 3 heterocycles. The number of nitrogens with zero attached hydrogens (tertiary/aromatic N) is 2. The predicted molar refractivity (Wildman–Crippen MR) is 83.8 cm³/mol. The molecule has 2 aromatic rings. The highest BCUT2D eigenvalue weighted by Crippen LogP contribution is 2.31. The van der Waals surface area contributed by atoms with E-state index in [1.165, 1.54) is 12.5 Å². The van der Waals surface area contributed by atoms with Crippen LogP contribution < -0.4 is 5.48 Å². The van der Waals surface area contributed by atoms with E-state index in [1.54, 1.807) is 6.07 Å². The van der Waals surface area contributed by atoms with Crippen LogP contribution in [0.15, 0.2) is 58.3 Å². The lowest BCUT2D eigenvalue weighted by molar-refractivity contribution is -0.0849. The van der Waals surface area contributed by atoms with Gasteiger partial charge in [-0.1, -0.05) is 30.3 Å². The highest BCUT2D eigenvalue weighted by molar-refractivity contribution is 5.99. The smallest absolute Gasteiger partial charge is 0.257 e. The molecule has 0 unspecified atom stereocenters. The van der Waals surface area contributed by atoms with E-state index >= 15 is 0 Å². The second kappa shape index (κ2) is 5.55. The first-order valence-electron chi connectivity index (χ1n) is 7.67. The predicted octanol–water partition coefficient (Wildman–Crippen LogP) is 2.19. The molecule has 23 heavy (non-hydrogen) atoms. The minimum Gasteiger partial charge on any atom is -0.472 e. The highest BCUT2D eigenvalue weighted by atomic mass is 16.7. The Morgan fingerprint density at radius 1 is 1.17 bits per heavy atom. The van der Waals surface area contributed by atoms with Crippen molar-refractivity contribution in [3.05, 3.63) is 60.1 Å². The number of benzene rings is 1. The number of carbonyl (C=O) groups is 1. The van der Waals surface area contributed by atoms with Gasteiger partial charge in [-0.15, -0.1) is 0 Å². The van der Waals surface area contributed by atoms with Gasteiger partial charge in [0.2, 0.25) is 0 Å². The number of piperidine rings is 1. The molecule has 0 radical (unpaired) electrons. The van der Waals surface area contributed by atoms with Crippen molar-refractivity contribution in [1.82, 2.24) is 10.4 Å². The summed E-state index contributed by atoms with van der Waals surface area (Å²) in [5, 5.41) is 0. The number of rotatable bonds is 2. The van der Waals surface area contributed by atoms with Crippen LogP contribution in [-0.4, -0.2) is 35.5 Å². The number of aliphatic imine (C=N–C) groups is 1. The Labute approximate surface area is 133 Å². The van der Waals surface area contributed by atoms with Gasteiger partial charge < -0.3 is 9.32 Å². The van der Waals surface area contributed by atoms with E-state index in [9.17, 15) is 4.79 Å². The minimum atomic E-state index is -0.571. The van der Waals surface area contributed by atoms with Crippen LogP contribution in [0.3, 0.4) is 0 Å². The van der Waals surface area contributed by atoms with Gasteiger partial charge in [0, 0.05) is 31.5 Å². The summed E-state index contributed by atoms with van der Waals surface area (Å²) >= 11 is 0. The molecule has 2 aliphatic heterocycles. The summed E-state index contributed by atoms with van der Waals surface area (Å²) in [6.07, 6.45) is 4.32. The van der Waals surface area contributed by atoms with E-state index in [4.69, 9.17) is 14.2 Å². The number of hydroxylamine groups is 1. The van der Waals surface area contributed by atoms with Gasteiger partial charge in [-0.3, -0.25) is 4.79 Å². The Bertz CT molecular complexity index is 717. The fourth-order valence-electron chi connectivity index (χ4n) is 2.95. The number of hydrogen-bond donors (Lipinski definition) is 1. The Kier molecular flexibility index (Phi) is 3.38. The number of likely N-dealkylation sites (tertiary alicyclic amines) is 1. The van der Waals surface area contributed by atoms with E-state index in [0.29, 0.717) is 31.5 Å². The van der Waals surface area contributed by atoms with Crippen LogP contribution in [0.25, 0.3) is 0 Å². The van der Waals surface area contributed by atoms with E-state index in [1.807, 2.05) is 35.2 Å². The van der Waals surface area contributed by atoms with Crippen molar-refractivity contribution in [2.24, 2.45) is 4.99 Å². The van der Waals surface area contributed by atoms with Crippen molar-refractivity contribution in [3.8, 4) is 0 Å². The summed E-state index contributed by atoms with van der Waals surface area (Å²) in [6.45, 7) is 1.22. The van der Waals surface area contributed by atoms with Crippen LogP contribution in [0, 0.1) is 0 Å². The molecule has 1 amide bonds. The van der Waals surface area contributed by atoms with Crippen molar-refractivity contribution in [3.63, 3.8) is 0 Å². The standard InChI is InChI=1S/C17H17N3O3/c21-16(14-6-11-22-12-14)20-9-7-17(8-10-20)18-15(19-23-17)13-4-2-1-3-5-13/h1-6,11-12H,7-10H2,(H,18,19). The second-order valence-electron chi connectivity index (χ2n) is 5.78. The highest BCUT2D eigenvalue weighted by Gasteiger charge is 2.41. The zero-order chi connectivity index (χ0) is 15.7. The van der Waals surface area contributed by atoms with Gasteiger partial charge in [0.15, 0.2) is 11.6 Å². The molecule has 0 atom stereocenters. The third kappa shape index (κ3) is 2.61. The van der Waals surface area contributed by atoms with Crippen molar-refractivity contribution < 1.29 is 14.0 Å². The van der Waals surface area contributed by atoms with Crippen LogP contribution in [-0.2, 0) is 4.84 Å². The molecule has 1 fully saturated rings. The van der Waals surface area contributed by atoms with Gasteiger partial charge in [-0.05, 0) is 6.07 Å². The lowest BCUT2D eigenvalue weighted by Gasteiger charge is -2.35. The third-order valence-corrected chi connectivity index (χ3v) is 4.30. The summed E-state index contributed by atoms with van der Waals surface area (Å²) in [7, 11) is 0. The molecule has 4 rings (SSSR count). The van der Waals surface area contributed by atoms with Crippen molar-refractivity contribution in [2.45, 2.75) is 18.6 Å². The SMILES string of the molecule is O=C(c1ccoc1)N1CCC2(CC1)N=C(c1ccccc1)NO2. The number of furan rings is 1. The molecule has 0 bridgehead atoms. The van der Waals surface area contributed by atoms with Gasteiger partial charge in [0.25, 0.3) is 5.91 Å². The number of nitrogens with one attached hydrogen (secondary N) is 1. The molecule has 1 N–H and O–H groups in total. The quantitative estimate of drug-likeness (QED) is 0.923. The molecule has 1 spiro atoms. The maximum Gasteiger partial charge on any atom is 0.257 e. The maximum absolute atomic E-state index is 12.3. The number of amides is 1. The molecule has 2 aliphatic rings. The Morgan fingerprint density at radius 2 is 1.96 bits per heavy atom. The van der Waals surface area contributed by atoms with Crippen LogP contribution in [0.2, 0.25) is 0 Å². The van der Waals surface area contributed by atoms with E-state index in [0.717, 1.165) is 11.4 Å². The van der Waals surface area contributed by atoms with E-state index < -0.39 is 5.72 Å². The fraction of sp³-hybridized carbons (Fsp3) is 0.294. The summed E-state index contributed by atoms with van der Waals surface area (Å²) in [5.41, 5.74) is 3.95. The van der Waals surface area contributed by atoms with Crippen LogP contribution >= 0.6 is 0 Å². The van der Waals surface area contributed by atoms with Crippen LogP contribution in [0.1, 0.15) is 28.8 Å². The summed E-state index contributed by atoms with van der Waals surface area (Å²) in [6, 6.07) is 11.6. The van der Waals surface area contributed by atoms with E-state index in [2.05, 4.69) is 5.48 Å². The Balaban J connectivity index is 1.45. The van der Waals surface area contributed by atoms with Crippen molar-refractivity contribution in [2.75, 3.05) is 13.1 Å². The lowest BCUT2D eigenvalue weighted by atomic mass is 10.0. The maximum atomic E-state index is 12.3. The molecule has 1 aromatic carbocycles. The Hall–Kier alpha value is -2.60. The van der Waals surface area contributed by atoms with Gasteiger partial charge in [-0.2, -0.15) is 0 Å². The van der Waals surface area contributed by atoms with Crippen LogP contribution in [0.5, 0.6) is 0 Å². The molecule has 118 valence electrons. The fourth-order valence-corrected chi connectivity index (χ4v) is 2.95. The first-order chi connectivity index (χ1) is 11.3. The topological polar surface area (TPSA) is 67.1 Å². The van der Waals surface area contributed by atoms with E-state index in [-0.39, 0.29) is 5.91 Å². The summed E-state index contributed by atoms with van der Waals surface area (Å²) in [5.74, 6) is 0.743. The van der Waals surface area contributed by atoms with Crippen molar-refractivity contribution in [1.29, 1.82) is 0 Å². The molecule has 6 nitrogen and oxygen atoms in total. The summed E-state index contributed by atoms with van der Waals surface area (Å²) in [4.78, 5) is 24.6. The average molecular weight is 311 g/mol. The van der Waals surface area contributed by atoms with Gasteiger partial charge >= 0.3 is 0 Å². The molecular weight excluding hydrogens is 294 g/mol. The minimum absolute atomic E-state index is 0.00758. The zero-order valence-corrected chi connectivity index (χ0v) is 12.6. The first kappa shape index (κ1) is 14.0. The lowest BCUT2D eigenvalue weighted by Crippen LogP contribution is -2.46. The normalized spacial score (nSPS) is 19.5. The summed E-state index contributed by atoms with van der Waals surface area (Å²) < 4.78 is 4.98. The third-order valence-electron chi connectivity index (χ3n) is 4.30. The number of amidine groups is 1. The Morgan fingerprint density at radius 3 is 2.65 bits per heavy atom. The average Bonchev–Trinajstić information content (AvgIpc) is 3.26. The molecule has 0 saturated carbocycles. The van der Waals surface area contributed by atoms with Gasteiger partial charge in [0.05, 0.1) is 11.8 Å². The molecular formula is C17H17N3O3. The monoisotopic (exact) mass is 311 g/mol. The largest absolute Gasteiger partial charge is 0.472 e. The number of hydrogen-bond acceptors (Lipinski definition) is 5. The molecule has 1 aromatic heterocycles. The van der Waals surface area contributed by atoms with Gasteiger partial charge in [-0.25, -0.2) is 15.3 Å². The molecule has 0 aliphatic carbocycles. The molecule has 6 heteroatoms. The van der Waals surface area contributed by atoms with Crippen LogP contribution in [0.4, 0.5) is 0 Å².